The summed E-state index contributed by atoms with van der Waals surface area (Å²) in [5.41, 5.74) is 4.39. The Kier molecular flexibility index (Phi) is 3.34. The summed E-state index contributed by atoms with van der Waals surface area (Å²) in [6.07, 6.45) is 4.49. The topological polar surface area (TPSA) is 30.0 Å². The van der Waals surface area contributed by atoms with Crippen LogP contribution in [0.3, 0.4) is 0 Å². The molecule has 3 heteroatoms. The zero-order valence-electron chi connectivity index (χ0n) is 10.5. The maximum Gasteiger partial charge on any atom is 0.137 e. The van der Waals surface area contributed by atoms with Crippen LogP contribution >= 0.6 is 11.6 Å². The number of carbonyl (C=O) groups is 1. The van der Waals surface area contributed by atoms with Crippen LogP contribution in [0.4, 0.5) is 0 Å². The van der Waals surface area contributed by atoms with Crippen molar-refractivity contribution in [3.8, 4) is 0 Å². The molecule has 0 unspecified atom stereocenters. The van der Waals surface area contributed by atoms with Gasteiger partial charge in [0.05, 0.1) is 0 Å². The molecule has 0 aliphatic heterocycles. The normalized spacial score (nSPS) is 14.3. The van der Waals surface area contributed by atoms with Gasteiger partial charge in [-0.15, -0.1) is 0 Å². The maximum absolute atomic E-state index is 11.5. The monoisotopic (exact) mass is 271 g/mol. The van der Waals surface area contributed by atoms with Crippen LogP contribution in [0, 0.1) is 0 Å². The molecular formula is C16H14ClNO. The smallest absolute Gasteiger partial charge is 0.137 e. The fourth-order valence-electron chi connectivity index (χ4n) is 2.52. The van der Waals surface area contributed by atoms with Gasteiger partial charge in [-0.05, 0) is 41.3 Å². The molecule has 1 aromatic heterocycles. The lowest BCUT2D eigenvalue weighted by Gasteiger charge is -2.17. The van der Waals surface area contributed by atoms with E-state index in [0.717, 1.165) is 28.3 Å². The van der Waals surface area contributed by atoms with Gasteiger partial charge in [0.1, 0.15) is 5.78 Å². The molecule has 3 rings (SSSR count). The molecule has 0 fully saturated rings. The van der Waals surface area contributed by atoms with Crippen LogP contribution in [0.2, 0.25) is 5.02 Å². The van der Waals surface area contributed by atoms with Crippen molar-refractivity contribution in [3.63, 3.8) is 0 Å². The van der Waals surface area contributed by atoms with Crippen molar-refractivity contribution >= 4 is 17.4 Å². The summed E-state index contributed by atoms with van der Waals surface area (Å²) in [5, 5.41) is 0.777. The van der Waals surface area contributed by atoms with E-state index in [1.807, 2.05) is 24.3 Å². The third kappa shape index (κ3) is 2.69. The quantitative estimate of drug-likeness (QED) is 0.838. The highest BCUT2D eigenvalue weighted by Crippen LogP contribution is 2.27. The van der Waals surface area contributed by atoms with Crippen molar-refractivity contribution in [2.24, 2.45) is 0 Å². The highest BCUT2D eigenvalue weighted by molar-refractivity contribution is 6.31. The SMILES string of the molecule is O=C1CCc2cc(Cl)c(Cc3ccccn3)cc2C1. The molecule has 0 bridgehead atoms. The Morgan fingerprint density at radius 2 is 2.05 bits per heavy atom. The molecule has 2 aromatic rings. The van der Waals surface area contributed by atoms with Crippen LogP contribution in [0.25, 0.3) is 0 Å². The molecule has 1 heterocycles. The van der Waals surface area contributed by atoms with Crippen LogP contribution in [0.5, 0.6) is 0 Å². The lowest BCUT2D eigenvalue weighted by molar-refractivity contribution is -0.118. The van der Waals surface area contributed by atoms with E-state index in [2.05, 4.69) is 11.1 Å². The number of carbonyl (C=O) groups excluding carboxylic acids is 1. The Labute approximate surface area is 117 Å². The first-order valence-corrected chi connectivity index (χ1v) is 6.82. The van der Waals surface area contributed by atoms with Crippen molar-refractivity contribution in [2.45, 2.75) is 25.7 Å². The lowest BCUT2D eigenvalue weighted by atomic mass is 9.89. The summed E-state index contributed by atoms with van der Waals surface area (Å²) in [6.45, 7) is 0. The third-order valence-electron chi connectivity index (χ3n) is 3.53. The molecule has 96 valence electrons. The molecule has 0 spiro atoms. The van der Waals surface area contributed by atoms with E-state index in [1.165, 1.54) is 5.56 Å². The summed E-state index contributed by atoms with van der Waals surface area (Å²) in [7, 11) is 0. The van der Waals surface area contributed by atoms with Crippen LogP contribution in [0.15, 0.2) is 36.5 Å². The minimum absolute atomic E-state index is 0.318. The number of rotatable bonds is 2. The van der Waals surface area contributed by atoms with Gasteiger partial charge in [0.2, 0.25) is 0 Å². The molecule has 0 saturated heterocycles. The van der Waals surface area contributed by atoms with Crippen LogP contribution < -0.4 is 0 Å². The van der Waals surface area contributed by atoms with E-state index in [9.17, 15) is 4.79 Å². The summed E-state index contributed by atoms with van der Waals surface area (Å²) in [6, 6.07) is 9.95. The first kappa shape index (κ1) is 12.4. The molecule has 0 amide bonds. The van der Waals surface area contributed by atoms with Gasteiger partial charge >= 0.3 is 0 Å². The second kappa shape index (κ2) is 5.14. The number of aromatic nitrogens is 1. The number of hydrogen-bond donors (Lipinski definition) is 0. The van der Waals surface area contributed by atoms with Crippen LogP contribution in [-0.2, 0) is 24.1 Å². The molecule has 1 aromatic carbocycles. The Balaban J connectivity index is 1.94. The molecule has 19 heavy (non-hydrogen) atoms. The van der Waals surface area contributed by atoms with E-state index >= 15 is 0 Å². The summed E-state index contributed by atoms with van der Waals surface area (Å²) < 4.78 is 0. The molecule has 0 atom stereocenters. The number of benzene rings is 1. The summed E-state index contributed by atoms with van der Waals surface area (Å²) >= 11 is 6.33. The number of pyridine rings is 1. The molecule has 0 saturated carbocycles. The zero-order chi connectivity index (χ0) is 13.2. The number of halogens is 1. The van der Waals surface area contributed by atoms with Gasteiger partial charge in [-0.1, -0.05) is 23.7 Å². The molecule has 2 nitrogen and oxygen atoms in total. The van der Waals surface area contributed by atoms with E-state index < -0.39 is 0 Å². The van der Waals surface area contributed by atoms with Gasteiger partial charge in [-0.3, -0.25) is 9.78 Å². The van der Waals surface area contributed by atoms with Gasteiger partial charge in [-0.2, -0.15) is 0 Å². The zero-order valence-corrected chi connectivity index (χ0v) is 11.3. The highest BCUT2D eigenvalue weighted by atomic mass is 35.5. The largest absolute Gasteiger partial charge is 0.299 e. The number of Topliss-reactive ketones (excluding diaryl/α,β-unsaturated/α-hetero) is 1. The van der Waals surface area contributed by atoms with E-state index in [4.69, 9.17) is 11.6 Å². The highest BCUT2D eigenvalue weighted by Gasteiger charge is 2.17. The van der Waals surface area contributed by atoms with Crippen molar-refractivity contribution < 1.29 is 4.79 Å². The Morgan fingerprint density at radius 1 is 1.16 bits per heavy atom. The Hall–Kier alpha value is -1.67. The van der Waals surface area contributed by atoms with Gasteiger partial charge < -0.3 is 0 Å². The molecule has 1 aliphatic carbocycles. The van der Waals surface area contributed by atoms with Crippen molar-refractivity contribution in [3.05, 3.63) is 63.9 Å². The molecule has 1 aliphatic rings. The summed E-state index contributed by atoms with van der Waals surface area (Å²) in [5.74, 6) is 0.318. The standard InChI is InChI=1S/C16H14ClNO/c17-16-10-11-4-5-15(19)9-12(11)7-13(16)8-14-3-1-2-6-18-14/h1-3,6-7,10H,4-5,8-9H2. The molecule has 0 radical (unpaired) electrons. The van der Waals surface area contributed by atoms with Crippen LogP contribution in [0.1, 0.15) is 28.8 Å². The van der Waals surface area contributed by atoms with E-state index in [0.29, 0.717) is 25.0 Å². The van der Waals surface area contributed by atoms with Gasteiger partial charge in [0.25, 0.3) is 0 Å². The first-order valence-electron chi connectivity index (χ1n) is 6.44. The third-order valence-corrected chi connectivity index (χ3v) is 3.88. The minimum Gasteiger partial charge on any atom is -0.299 e. The van der Waals surface area contributed by atoms with Crippen molar-refractivity contribution in [1.82, 2.24) is 4.98 Å². The Morgan fingerprint density at radius 3 is 2.84 bits per heavy atom. The minimum atomic E-state index is 0.318. The van der Waals surface area contributed by atoms with Crippen LogP contribution in [-0.4, -0.2) is 10.8 Å². The second-order valence-electron chi connectivity index (χ2n) is 4.93. The van der Waals surface area contributed by atoms with Gasteiger partial charge in [-0.25, -0.2) is 0 Å². The van der Waals surface area contributed by atoms with Gasteiger partial charge in [0, 0.05) is 36.2 Å². The molecule has 0 N–H and O–H groups in total. The number of aryl methyl sites for hydroxylation is 1. The summed E-state index contributed by atoms with van der Waals surface area (Å²) in [4.78, 5) is 15.9. The predicted octanol–water partition coefficient (Wildman–Crippen LogP) is 3.38. The molecular weight excluding hydrogens is 258 g/mol. The predicted molar refractivity (Wildman–Crippen MR) is 75.5 cm³/mol. The second-order valence-corrected chi connectivity index (χ2v) is 5.33. The first-order chi connectivity index (χ1) is 9.22. The average molecular weight is 272 g/mol. The van der Waals surface area contributed by atoms with E-state index in [1.54, 1.807) is 6.20 Å². The number of nitrogens with zero attached hydrogens (tertiary/aromatic N) is 1. The number of fused-ring (bicyclic) bond motifs is 1. The fraction of sp³-hybridized carbons (Fsp3) is 0.250. The Bertz CT molecular complexity index is 622. The number of hydrogen-bond acceptors (Lipinski definition) is 2. The fourth-order valence-corrected chi connectivity index (χ4v) is 2.77. The number of ketones is 1. The average Bonchev–Trinajstić information content (AvgIpc) is 2.41. The van der Waals surface area contributed by atoms with Gasteiger partial charge in [0.15, 0.2) is 0 Å². The van der Waals surface area contributed by atoms with E-state index in [-0.39, 0.29) is 0 Å². The maximum atomic E-state index is 11.5. The van der Waals surface area contributed by atoms with Crippen molar-refractivity contribution in [1.29, 1.82) is 0 Å². The van der Waals surface area contributed by atoms with Crippen molar-refractivity contribution in [2.75, 3.05) is 0 Å². The lowest BCUT2D eigenvalue weighted by Crippen LogP contribution is -2.13.